The molecule has 0 aliphatic carbocycles. The van der Waals surface area contributed by atoms with Crippen LogP contribution in [0.3, 0.4) is 0 Å². The van der Waals surface area contributed by atoms with Crippen LogP contribution in [0.1, 0.15) is 0 Å². The molecule has 0 N–H and O–H groups in total. The summed E-state index contributed by atoms with van der Waals surface area (Å²) in [6, 6.07) is 1.08. The van der Waals surface area contributed by atoms with Gasteiger partial charge < -0.3 is 19.4 Å². The molecule has 17 heavy (non-hydrogen) atoms. The number of fused-ring (bicyclic) bond motifs is 1. The average Bonchev–Trinajstić information content (AvgIpc) is 2.30. The summed E-state index contributed by atoms with van der Waals surface area (Å²) < 4.78 is 15.7. The maximum Gasteiger partial charge on any atom is 0.431 e. The number of hydrogen-bond donors (Lipinski definition) is 0. The highest BCUT2D eigenvalue weighted by molar-refractivity contribution is 5.50. The average molecular weight is 242 g/mol. The molecular weight excluding hydrogens is 232 g/mol. The van der Waals surface area contributed by atoms with Crippen LogP contribution in [0.2, 0.25) is 0 Å². The topological polar surface area (TPSA) is 97.8 Å². The molecule has 1 aliphatic heterocycles. The minimum absolute atomic E-state index is 0.103. The molecule has 1 atom stereocenters. The molecule has 0 bridgehead atoms. The van der Waals surface area contributed by atoms with E-state index in [-0.39, 0.29) is 30.5 Å². The van der Waals surface area contributed by atoms with Gasteiger partial charge in [-0.25, -0.2) is 0 Å². The number of hydrogen-bond acceptors (Lipinski definition) is 6. The third-order valence-electron chi connectivity index (χ3n) is 2.24. The minimum Gasteiger partial charge on any atom is -0.616 e. The van der Waals surface area contributed by atoms with E-state index in [2.05, 4.69) is 0 Å². The molecule has 2 heterocycles. The Kier molecular flexibility index (Phi) is 2.96. The summed E-state index contributed by atoms with van der Waals surface area (Å²) >= 11 is 0. The molecule has 92 valence electrons. The van der Waals surface area contributed by atoms with Crippen LogP contribution >= 0.6 is 0 Å². The number of nitrogens with zero attached hydrogens (tertiary/aromatic N) is 2. The van der Waals surface area contributed by atoms with E-state index in [1.807, 2.05) is 0 Å². The lowest BCUT2D eigenvalue weighted by atomic mass is 10.3. The molecule has 1 aromatic rings. The number of rotatable bonds is 3. The molecule has 0 saturated heterocycles. The highest BCUT2D eigenvalue weighted by atomic mass is 16.6. The zero-order chi connectivity index (χ0) is 12.4. The van der Waals surface area contributed by atoms with Gasteiger partial charge >= 0.3 is 17.3 Å². The fourth-order valence-corrected chi connectivity index (χ4v) is 1.51. The molecule has 0 saturated carbocycles. The van der Waals surface area contributed by atoms with E-state index in [0.717, 1.165) is 12.3 Å². The van der Waals surface area contributed by atoms with Crippen LogP contribution in [0, 0.1) is 15.3 Å². The van der Waals surface area contributed by atoms with Crippen molar-refractivity contribution in [3.8, 4) is 11.6 Å². The highest BCUT2D eigenvalue weighted by Crippen LogP contribution is 2.36. The molecule has 0 amide bonds. The first kappa shape index (κ1) is 11.4. The first-order valence-electron chi connectivity index (χ1n) is 4.82. The van der Waals surface area contributed by atoms with Gasteiger partial charge in [-0.1, -0.05) is 0 Å². The van der Waals surface area contributed by atoms with E-state index in [1.54, 1.807) is 0 Å². The normalized spacial score (nSPS) is 17.8. The summed E-state index contributed by atoms with van der Waals surface area (Å²) in [5, 5.41) is 22.2. The van der Waals surface area contributed by atoms with Crippen molar-refractivity contribution in [1.29, 1.82) is 0 Å². The van der Waals surface area contributed by atoms with Gasteiger partial charge in [0.25, 0.3) is 0 Å². The van der Waals surface area contributed by atoms with Gasteiger partial charge in [-0.3, -0.25) is 10.1 Å². The summed E-state index contributed by atoms with van der Waals surface area (Å²) in [5.41, 5.74) is -0.289. The summed E-state index contributed by atoms with van der Waals surface area (Å²) in [6.45, 7) is 0.341. The van der Waals surface area contributed by atoms with E-state index in [4.69, 9.17) is 14.2 Å². The fraction of sp³-hybridized carbons (Fsp3) is 0.444. The van der Waals surface area contributed by atoms with Crippen LogP contribution in [-0.2, 0) is 4.74 Å². The molecule has 1 unspecified atom stereocenters. The summed E-state index contributed by atoms with van der Waals surface area (Å²) in [6.07, 6.45) is 0.560. The predicted molar refractivity (Wildman–Crippen MR) is 53.8 cm³/mol. The van der Waals surface area contributed by atoms with Crippen LogP contribution in [0.5, 0.6) is 11.6 Å². The van der Waals surface area contributed by atoms with Gasteiger partial charge in [-0.2, -0.15) is 0 Å². The fourth-order valence-electron chi connectivity index (χ4n) is 1.51. The van der Waals surface area contributed by atoms with Crippen molar-refractivity contribution < 1.29 is 23.9 Å². The van der Waals surface area contributed by atoms with Gasteiger partial charge in [0.15, 0.2) is 12.3 Å². The molecule has 0 spiro atoms. The highest BCUT2D eigenvalue weighted by Gasteiger charge is 2.35. The SMILES string of the molecule is COCC1COc2c([N+](=O)[O-])cc[n+]([O-])c2O1. The van der Waals surface area contributed by atoms with Gasteiger partial charge in [0.1, 0.15) is 6.61 Å². The molecule has 8 nitrogen and oxygen atoms in total. The van der Waals surface area contributed by atoms with Gasteiger partial charge in [0, 0.05) is 7.11 Å². The first-order chi connectivity index (χ1) is 8.13. The van der Waals surface area contributed by atoms with Crippen LogP contribution in [-0.4, -0.2) is 31.4 Å². The van der Waals surface area contributed by atoms with Crippen molar-refractivity contribution in [2.75, 3.05) is 20.3 Å². The van der Waals surface area contributed by atoms with Gasteiger partial charge in [0.2, 0.25) is 0 Å². The van der Waals surface area contributed by atoms with Crippen molar-refractivity contribution in [2.24, 2.45) is 0 Å². The van der Waals surface area contributed by atoms with E-state index in [0.29, 0.717) is 4.73 Å². The standard InChI is InChI=1S/C9H10N2O6/c1-15-4-6-5-16-8-7(11(13)14)2-3-10(12)9(8)17-6/h2-3,6H,4-5H2,1H3. The Morgan fingerprint density at radius 2 is 2.47 bits per heavy atom. The number of methoxy groups -OCH3 is 1. The lowest BCUT2D eigenvalue weighted by molar-refractivity contribution is -0.616. The Morgan fingerprint density at radius 3 is 3.12 bits per heavy atom. The summed E-state index contributed by atoms with van der Waals surface area (Å²) in [5.74, 6) is -0.340. The zero-order valence-electron chi connectivity index (χ0n) is 8.99. The van der Waals surface area contributed by atoms with Crippen molar-refractivity contribution in [3.63, 3.8) is 0 Å². The zero-order valence-corrected chi connectivity index (χ0v) is 8.99. The maximum absolute atomic E-state index is 11.4. The lowest BCUT2D eigenvalue weighted by Crippen LogP contribution is -2.40. The van der Waals surface area contributed by atoms with Crippen LogP contribution < -0.4 is 14.2 Å². The Labute approximate surface area is 96.1 Å². The van der Waals surface area contributed by atoms with Crippen LogP contribution in [0.15, 0.2) is 12.3 Å². The molecule has 1 aliphatic rings. The van der Waals surface area contributed by atoms with Gasteiger partial charge in [-0.05, 0) is 0 Å². The van der Waals surface area contributed by atoms with E-state index in [1.165, 1.54) is 7.11 Å². The smallest absolute Gasteiger partial charge is 0.431 e. The first-order valence-corrected chi connectivity index (χ1v) is 4.82. The van der Waals surface area contributed by atoms with E-state index < -0.39 is 11.0 Å². The minimum atomic E-state index is -0.626. The quantitative estimate of drug-likeness (QED) is 0.320. The molecule has 0 radical (unpaired) electrons. The predicted octanol–water partition coefficient (Wildman–Crippen LogP) is 0.0144. The Hall–Kier alpha value is -2.09. The van der Waals surface area contributed by atoms with Crippen molar-refractivity contribution in [3.05, 3.63) is 27.6 Å². The maximum atomic E-state index is 11.4. The van der Waals surface area contributed by atoms with Crippen LogP contribution in [0.4, 0.5) is 5.69 Å². The second-order valence-electron chi connectivity index (χ2n) is 3.42. The van der Waals surface area contributed by atoms with Gasteiger partial charge in [0.05, 0.1) is 17.6 Å². The van der Waals surface area contributed by atoms with E-state index in [9.17, 15) is 15.3 Å². The Morgan fingerprint density at radius 1 is 1.71 bits per heavy atom. The molecule has 2 rings (SSSR count). The lowest BCUT2D eigenvalue weighted by Gasteiger charge is -2.23. The van der Waals surface area contributed by atoms with Crippen LogP contribution in [0.25, 0.3) is 0 Å². The Balaban J connectivity index is 2.37. The number of aromatic nitrogens is 1. The van der Waals surface area contributed by atoms with Crippen molar-refractivity contribution in [2.45, 2.75) is 6.10 Å². The summed E-state index contributed by atoms with van der Waals surface area (Å²) in [4.78, 5) is 10.1. The molecule has 0 aromatic carbocycles. The monoisotopic (exact) mass is 242 g/mol. The second-order valence-corrected chi connectivity index (χ2v) is 3.42. The largest absolute Gasteiger partial charge is 0.616 e. The van der Waals surface area contributed by atoms with Gasteiger partial charge in [-0.15, -0.1) is 4.73 Å². The molecule has 0 fully saturated rings. The Bertz CT molecular complexity index is 449. The van der Waals surface area contributed by atoms with Crippen molar-refractivity contribution >= 4 is 5.69 Å². The summed E-state index contributed by atoms with van der Waals surface area (Å²) in [7, 11) is 1.48. The second kappa shape index (κ2) is 4.42. The molecule has 8 heteroatoms. The number of ether oxygens (including phenoxy) is 3. The molecular formula is C9H10N2O6. The molecule has 1 aromatic heterocycles. The number of pyridine rings is 1. The van der Waals surface area contributed by atoms with Crippen molar-refractivity contribution in [1.82, 2.24) is 0 Å². The number of nitro groups is 1. The third kappa shape index (κ3) is 2.07. The van der Waals surface area contributed by atoms with E-state index >= 15 is 0 Å². The third-order valence-corrected chi connectivity index (χ3v) is 2.24.